The number of thiophene rings is 1. The molecule has 0 saturated carbocycles. The Bertz CT molecular complexity index is 2650. The van der Waals surface area contributed by atoms with E-state index >= 15 is 0 Å². The maximum Gasteiger partial charge on any atom is 0.0434 e. The van der Waals surface area contributed by atoms with Gasteiger partial charge in [-0.3, -0.25) is 11.7 Å². The molecule has 0 radical (unpaired) electrons. The van der Waals surface area contributed by atoms with Crippen molar-refractivity contribution in [1.29, 1.82) is 0 Å². The second-order valence-electron chi connectivity index (χ2n) is 12.9. The monoisotopic (exact) mass is 686 g/mol. The van der Waals surface area contributed by atoms with E-state index in [1.807, 2.05) is 11.3 Å². The lowest BCUT2D eigenvalue weighted by Gasteiger charge is -2.11. The van der Waals surface area contributed by atoms with E-state index in [9.17, 15) is 0 Å². The molecule has 0 atom stereocenters. The van der Waals surface area contributed by atoms with Gasteiger partial charge in [-0.25, -0.2) is 0 Å². The van der Waals surface area contributed by atoms with E-state index in [1.165, 1.54) is 86.6 Å². The van der Waals surface area contributed by atoms with Crippen LogP contribution < -0.4 is 11.7 Å². The smallest absolute Gasteiger partial charge is 0.0434 e. The summed E-state index contributed by atoms with van der Waals surface area (Å²) in [5, 5.41) is 5.32. The summed E-state index contributed by atoms with van der Waals surface area (Å²) < 4.78 is 2.69. The van der Waals surface area contributed by atoms with Crippen molar-refractivity contribution in [3.8, 4) is 33.4 Å². The Labute approximate surface area is 308 Å². The maximum absolute atomic E-state index is 4.00. The number of benzene rings is 8. The Morgan fingerprint density at radius 3 is 1.87 bits per heavy atom. The lowest BCUT2D eigenvalue weighted by Crippen LogP contribution is -2.02. The van der Waals surface area contributed by atoms with Gasteiger partial charge in [0.1, 0.15) is 0 Å². The fourth-order valence-corrected chi connectivity index (χ4v) is 8.51. The quantitative estimate of drug-likeness (QED) is 0.129. The summed E-state index contributed by atoms with van der Waals surface area (Å²) in [6, 6.07) is 68.4. The predicted octanol–water partition coefficient (Wildman–Crippen LogP) is 12.7. The van der Waals surface area contributed by atoms with E-state index in [2.05, 4.69) is 206 Å². The highest BCUT2D eigenvalue weighted by molar-refractivity contribution is 7.26. The van der Waals surface area contributed by atoms with E-state index < -0.39 is 0 Å². The fourth-order valence-electron chi connectivity index (χ4n) is 7.25. The van der Waals surface area contributed by atoms with Gasteiger partial charge in [0.05, 0.1) is 0 Å². The van der Waals surface area contributed by atoms with Crippen LogP contribution in [0.15, 0.2) is 194 Å². The molecule has 0 saturated heterocycles. The van der Waals surface area contributed by atoms with E-state index in [0.29, 0.717) is 0 Å². The summed E-state index contributed by atoms with van der Waals surface area (Å²) in [6.45, 7) is 0. The Balaban J connectivity index is 0.00000190. The van der Waals surface area contributed by atoms with Gasteiger partial charge in [-0.1, -0.05) is 182 Å². The molecule has 0 aliphatic carbocycles. The molecule has 3 heteroatoms. The second kappa shape index (κ2) is 15.0. The van der Waals surface area contributed by atoms with Crippen LogP contribution in [-0.2, 0) is 6.42 Å². The highest BCUT2D eigenvalue weighted by Crippen LogP contribution is 2.43. The van der Waals surface area contributed by atoms with Crippen LogP contribution in [0.5, 0.6) is 0 Å². The van der Waals surface area contributed by atoms with Gasteiger partial charge < -0.3 is 0 Å². The van der Waals surface area contributed by atoms with E-state index in [-0.39, 0.29) is 0 Å². The van der Waals surface area contributed by atoms with Crippen molar-refractivity contribution in [1.82, 2.24) is 0 Å². The zero-order chi connectivity index (χ0) is 35.3. The van der Waals surface area contributed by atoms with Crippen molar-refractivity contribution in [3.63, 3.8) is 0 Å². The zero-order valence-electron chi connectivity index (χ0n) is 28.7. The molecule has 250 valence electrons. The van der Waals surface area contributed by atoms with Crippen LogP contribution in [0.1, 0.15) is 16.7 Å². The Kier molecular flexibility index (Phi) is 9.55. The van der Waals surface area contributed by atoms with Gasteiger partial charge in [-0.15, -0.1) is 11.3 Å². The first kappa shape index (κ1) is 33.1. The minimum Gasteiger partial charge on any atom is -0.274 e. The van der Waals surface area contributed by atoms with Gasteiger partial charge in [0, 0.05) is 20.2 Å². The van der Waals surface area contributed by atoms with Crippen molar-refractivity contribution in [2.45, 2.75) is 6.42 Å². The molecule has 0 aliphatic heterocycles. The molecule has 0 spiro atoms. The third kappa shape index (κ3) is 6.57. The number of nitrogens with two attached hydrogens (primary N) is 2. The van der Waals surface area contributed by atoms with E-state index in [4.69, 9.17) is 0 Å². The van der Waals surface area contributed by atoms with Crippen molar-refractivity contribution < 1.29 is 0 Å². The third-order valence-corrected chi connectivity index (χ3v) is 11.0. The average molecular weight is 687 g/mol. The molecular weight excluding hydrogens is 649 g/mol. The summed E-state index contributed by atoms with van der Waals surface area (Å²) in [6.07, 6.45) is 3.22. The summed E-state index contributed by atoms with van der Waals surface area (Å²) in [4.78, 5) is 0. The molecular formula is C49H38N2S. The zero-order valence-corrected chi connectivity index (χ0v) is 29.6. The predicted molar refractivity (Wildman–Crippen MR) is 225 cm³/mol. The fraction of sp³-hybridized carbons (Fsp3) is 0.0204. The molecule has 0 bridgehead atoms. The average Bonchev–Trinajstić information content (AvgIpc) is 3.62. The number of rotatable bonds is 7. The number of allylic oxidation sites excluding steroid dienone is 1. The first-order valence-corrected chi connectivity index (χ1v) is 18.4. The minimum absolute atomic E-state index is 0.841. The third-order valence-electron chi connectivity index (χ3n) is 9.75. The normalized spacial score (nSPS) is 11.5. The number of hydrogen-bond acceptors (Lipinski definition) is 3. The highest BCUT2D eigenvalue weighted by Gasteiger charge is 2.14. The summed E-state index contributed by atoms with van der Waals surface area (Å²) >= 11 is 1.90. The van der Waals surface area contributed by atoms with Gasteiger partial charge >= 0.3 is 0 Å². The molecule has 0 aliphatic rings. The first-order valence-electron chi connectivity index (χ1n) is 17.6. The van der Waals surface area contributed by atoms with E-state index in [0.717, 1.165) is 6.42 Å². The highest BCUT2D eigenvalue weighted by atomic mass is 32.1. The molecule has 8 aromatic carbocycles. The van der Waals surface area contributed by atoms with Crippen molar-refractivity contribution in [2.24, 2.45) is 11.7 Å². The van der Waals surface area contributed by atoms with Crippen LogP contribution in [-0.4, -0.2) is 0 Å². The molecule has 0 amide bonds. The number of hydrogen-bond donors (Lipinski definition) is 2. The van der Waals surface area contributed by atoms with Crippen LogP contribution in [0.4, 0.5) is 0 Å². The maximum atomic E-state index is 4.00. The van der Waals surface area contributed by atoms with Gasteiger partial charge in [0.2, 0.25) is 0 Å². The van der Waals surface area contributed by atoms with E-state index in [1.54, 1.807) is 0 Å². The topological polar surface area (TPSA) is 52.0 Å². The summed E-state index contributed by atoms with van der Waals surface area (Å²) in [7, 11) is 0. The van der Waals surface area contributed by atoms with Crippen LogP contribution in [0, 0.1) is 0 Å². The standard InChI is InChI=1S/C49H34S.H4N2/c1-3-13-35(14-4-1)36-25-27-39(28-26-36)43(37-15-5-2-6-16-37)30-24-34-12-9-18-40(32-34)41-19-10-20-42(33-41)45-22-11-23-46-48-44-21-8-7-17-38(44)29-31-47(48)50-49(45)46;1-2/h1-23,25-33H,24H2;1-2H2/b43-30+;. The number of fused-ring (bicyclic) bond motifs is 5. The lowest BCUT2D eigenvalue weighted by atomic mass is 9.93. The molecule has 2 nitrogen and oxygen atoms in total. The van der Waals surface area contributed by atoms with Crippen LogP contribution in [0.2, 0.25) is 0 Å². The molecule has 0 unspecified atom stereocenters. The molecule has 0 fully saturated rings. The summed E-state index contributed by atoms with van der Waals surface area (Å²) in [5.74, 6) is 8.00. The summed E-state index contributed by atoms with van der Waals surface area (Å²) in [5.41, 5.74) is 12.5. The van der Waals surface area contributed by atoms with Crippen LogP contribution in [0.25, 0.3) is 69.9 Å². The molecule has 9 aromatic rings. The number of hydrazine groups is 1. The second-order valence-corrected chi connectivity index (χ2v) is 13.9. The van der Waals surface area contributed by atoms with Crippen molar-refractivity contribution in [2.75, 3.05) is 0 Å². The van der Waals surface area contributed by atoms with Crippen LogP contribution >= 0.6 is 11.3 Å². The van der Waals surface area contributed by atoms with Crippen molar-refractivity contribution >= 4 is 47.9 Å². The lowest BCUT2D eigenvalue weighted by molar-refractivity contribution is 1.26. The largest absolute Gasteiger partial charge is 0.274 e. The molecule has 1 aromatic heterocycles. The minimum atomic E-state index is 0.841. The SMILES string of the molecule is C(/Cc1cccc(-c2cccc(-c3cccc4c3sc3ccc5ccccc5c34)c2)c1)=C(/c1ccccc1)c1ccc(-c2ccccc2)cc1.NN. The van der Waals surface area contributed by atoms with Gasteiger partial charge in [0.25, 0.3) is 0 Å². The van der Waals surface area contributed by atoms with Crippen molar-refractivity contribution in [3.05, 3.63) is 211 Å². The Morgan fingerprint density at radius 1 is 0.462 bits per heavy atom. The molecule has 52 heavy (non-hydrogen) atoms. The Hall–Kier alpha value is -6.10. The molecule has 9 rings (SSSR count). The molecule has 1 heterocycles. The van der Waals surface area contributed by atoms with Gasteiger partial charge in [0.15, 0.2) is 0 Å². The van der Waals surface area contributed by atoms with Gasteiger partial charge in [-0.2, -0.15) is 0 Å². The Morgan fingerprint density at radius 2 is 1.06 bits per heavy atom. The molecule has 4 N–H and O–H groups in total. The van der Waals surface area contributed by atoms with Gasteiger partial charge in [-0.05, 0) is 85.0 Å². The first-order chi connectivity index (χ1) is 25.8. The van der Waals surface area contributed by atoms with Crippen LogP contribution in [0.3, 0.4) is 0 Å².